The monoisotopic (exact) mass is 421 g/mol. The van der Waals surface area contributed by atoms with E-state index in [1.807, 2.05) is 6.92 Å². The van der Waals surface area contributed by atoms with E-state index in [9.17, 15) is 13.2 Å². The third-order valence-electron chi connectivity index (χ3n) is 6.29. The summed E-state index contributed by atoms with van der Waals surface area (Å²) in [5.41, 5.74) is 2.31. The maximum Gasteiger partial charge on any atom is 0.224 e. The Kier molecular flexibility index (Phi) is 7.22. The summed E-state index contributed by atoms with van der Waals surface area (Å²) in [7, 11) is -3.24. The average molecular weight is 422 g/mol. The van der Waals surface area contributed by atoms with Crippen LogP contribution in [0.2, 0.25) is 0 Å². The Hall–Kier alpha value is -1.60. The first kappa shape index (κ1) is 22.1. The molecule has 0 aliphatic carbocycles. The number of nitrogens with zero attached hydrogens (tertiary/aromatic N) is 2. The van der Waals surface area contributed by atoms with Crippen LogP contribution in [0, 0.1) is 11.8 Å². The van der Waals surface area contributed by atoms with Crippen LogP contribution in [0.4, 0.5) is 5.69 Å². The van der Waals surface area contributed by atoms with Crippen molar-refractivity contribution >= 4 is 21.6 Å². The number of sulfonamides is 1. The van der Waals surface area contributed by atoms with Crippen LogP contribution in [0.5, 0.6) is 0 Å². The highest BCUT2D eigenvalue weighted by Crippen LogP contribution is 2.25. The Morgan fingerprint density at radius 2 is 1.83 bits per heavy atom. The van der Waals surface area contributed by atoms with E-state index in [4.69, 9.17) is 0 Å². The number of nitrogens with one attached hydrogen (secondary N) is 1. The molecule has 2 aliphatic heterocycles. The smallest absolute Gasteiger partial charge is 0.224 e. The summed E-state index contributed by atoms with van der Waals surface area (Å²) >= 11 is 0. The SMILES string of the molecule is CCS(=O)(=O)N1CCC[C@H](C(=O)N[C@H](C)c2ccc(N3CCC[C@@H](C)C3)cc2)C1. The van der Waals surface area contributed by atoms with Crippen LogP contribution in [0.1, 0.15) is 58.1 Å². The first-order chi connectivity index (χ1) is 13.8. The van der Waals surface area contributed by atoms with Gasteiger partial charge in [-0.05, 0) is 63.1 Å². The fourth-order valence-electron chi connectivity index (χ4n) is 4.40. The number of amides is 1. The summed E-state index contributed by atoms with van der Waals surface area (Å²) < 4.78 is 25.8. The van der Waals surface area contributed by atoms with Crippen LogP contribution in [0.15, 0.2) is 24.3 Å². The molecular formula is C22H35N3O3S. The van der Waals surface area contributed by atoms with E-state index in [1.165, 1.54) is 22.8 Å². The molecule has 2 fully saturated rings. The molecule has 2 heterocycles. The zero-order valence-electron chi connectivity index (χ0n) is 17.9. The van der Waals surface area contributed by atoms with Gasteiger partial charge in [0.2, 0.25) is 15.9 Å². The topological polar surface area (TPSA) is 69.7 Å². The molecular weight excluding hydrogens is 386 g/mol. The van der Waals surface area contributed by atoms with E-state index in [0.717, 1.165) is 37.4 Å². The minimum atomic E-state index is -3.24. The van der Waals surface area contributed by atoms with Gasteiger partial charge in [-0.15, -0.1) is 0 Å². The third kappa shape index (κ3) is 5.51. The van der Waals surface area contributed by atoms with Gasteiger partial charge >= 0.3 is 0 Å². The highest BCUT2D eigenvalue weighted by molar-refractivity contribution is 7.89. The quantitative estimate of drug-likeness (QED) is 0.766. The van der Waals surface area contributed by atoms with Crippen molar-refractivity contribution < 1.29 is 13.2 Å². The highest BCUT2D eigenvalue weighted by Gasteiger charge is 2.31. The highest BCUT2D eigenvalue weighted by atomic mass is 32.2. The molecule has 3 atom stereocenters. The Morgan fingerprint density at radius 1 is 1.14 bits per heavy atom. The Balaban J connectivity index is 1.58. The number of benzene rings is 1. The van der Waals surface area contributed by atoms with Crippen molar-refractivity contribution in [3.05, 3.63) is 29.8 Å². The van der Waals surface area contributed by atoms with E-state index in [1.54, 1.807) is 6.92 Å². The maximum atomic E-state index is 12.8. The summed E-state index contributed by atoms with van der Waals surface area (Å²) in [6.45, 7) is 8.96. The van der Waals surface area contributed by atoms with E-state index < -0.39 is 10.0 Å². The second-order valence-corrected chi connectivity index (χ2v) is 10.9. The lowest BCUT2D eigenvalue weighted by atomic mass is 9.97. The van der Waals surface area contributed by atoms with E-state index >= 15 is 0 Å². The van der Waals surface area contributed by atoms with Gasteiger partial charge in [-0.3, -0.25) is 4.79 Å². The first-order valence-corrected chi connectivity index (χ1v) is 12.5. The summed E-state index contributed by atoms with van der Waals surface area (Å²) in [5.74, 6) is 0.483. The van der Waals surface area contributed by atoms with Crippen molar-refractivity contribution in [1.82, 2.24) is 9.62 Å². The van der Waals surface area contributed by atoms with Crippen molar-refractivity contribution in [2.24, 2.45) is 11.8 Å². The lowest BCUT2D eigenvalue weighted by Gasteiger charge is -2.33. The molecule has 7 heteroatoms. The number of carbonyl (C=O) groups excluding carboxylic acids is 1. The molecule has 2 aliphatic rings. The van der Waals surface area contributed by atoms with Crippen molar-refractivity contribution in [2.45, 2.75) is 52.5 Å². The number of anilines is 1. The largest absolute Gasteiger partial charge is 0.371 e. The van der Waals surface area contributed by atoms with Gasteiger partial charge in [-0.2, -0.15) is 0 Å². The Labute approximate surface area is 175 Å². The molecule has 1 aromatic carbocycles. The number of carbonyl (C=O) groups is 1. The van der Waals surface area contributed by atoms with E-state index in [0.29, 0.717) is 13.1 Å². The summed E-state index contributed by atoms with van der Waals surface area (Å²) in [6, 6.07) is 8.37. The van der Waals surface area contributed by atoms with Crippen LogP contribution < -0.4 is 10.2 Å². The van der Waals surface area contributed by atoms with Crippen LogP contribution in [-0.4, -0.2) is 50.6 Å². The molecule has 0 aromatic heterocycles. The van der Waals surface area contributed by atoms with Crippen LogP contribution in [0.3, 0.4) is 0 Å². The number of hydrogen-bond donors (Lipinski definition) is 1. The van der Waals surface area contributed by atoms with E-state index in [-0.39, 0.29) is 23.6 Å². The molecule has 6 nitrogen and oxygen atoms in total. The molecule has 3 rings (SSSR count). The molecule has 0 unspecified atom stereocenters. The molecule has 0 saturated carbocycles. The first-order valence-electron chi connectivity index (χ1n) is 10.9. The van der Waals surface area contributed by atoms with Gasteiger partial charge in [0.1, 0.15) is 0 Å². The minimum absolute atomic E-state index is 0.0533. The molecule has 162 valence electrons. The molecule has 1 aromatic rings. The number of hydrogen-bond acceptors (Lipinski definition) is 4. The fourth-order valence-corrected chi connectivity index (χ4v) is 5.58. The lowest BCUT2D eigenvalue weighted by Crippen LogP contribution is -2.46. The van der Waals surface area contributed by atoms with Crippen LogP contribution in [0.25, 0.3) is 0 Å². The van der Waals surface area contributed by atoms with Gasteiger partial charge in [-0.1, -0.05) is 19.1 Å². The Bertz CT molecular complexity index is 794. The molecule has 0 bridgehead atoms. The second-order valence-electron chi connectivity index (χ2n) is 8.61. The van der Waals surface area contributed by atoms with Crippen molar-refractivity contribution in [1.29, 1.82) is 0 Å². The molecule has 29 heavy (non-hydrogen) atoms. The molecule has 0 spiro atoms. The summed E-state index contributed by atoms with van der Waals surface area (Å²) in [6.07, 6.45) is 4.01. The minimum Gasteiger partial charge on any atom is -0.371 e. The maximum absolute atomic E-state index is 12.8. The predicted molar refractivity (Wildman–Crippen MR) is 117 cm³/mol. The van der Waals surface area contributed by atoms with Crippen molar-refractivity contribution in [2.75, 3.05) is 36.8 Å². The molecule has 0 radical (unpaired) electrons. The second kappa shape index (κ2) is 9.47. The Morgan fingerprint density at radius 3 is 2.48 bits per heavy atom. The van der Waals surface area contributed by atoms with Gasteiger partial charge in [0, 0.05) is 31.9 Å². The molecule has 2 saturated heterocycles. The summed E-state index contributed by atoms with van der Waals surface area (Å²) in [5, 5.41) is 3.09. The summed E-state index contributed by atoms with van der Waals surface area (Å²) in [4.78, 5) is 15.2. The van der Waals surface area contributed by atoms with Gasteiger partial charge < -0.3 is 10.2 Å². The average Bonchev–Trinajstić information content (AvgIpc) is 2.74. The zero-order valence-corrected chi connectivity index (χ0v) is 18.7. The van der Waals surface area contributed by atoms with Gasteiger partial charge in [0.25, 0.3) is 0 Å². The number of piperidine rings is 2. The van der Waals surface area contributed by atoms with Crippen molar-refractivity contribution in [3.8, 4) is 0 Å². The predicted octanol–water partition coefficient (Wildman–Crippen LogP) is 3.16. The molecule has 1 amide bonds. The lowest BCUT2D eigenvalue weighted by molar-refractivity contribution is -0.126. The van der Waals surface area contributed by atoms with Gasteiger partial charge in [0.15, 0.2) is 0 Å². The normalized spacial score (nSPS) is 24.9. The van der Waals surface area contributed by atoms with Crippen LogP contribution >= 0.6 is 0 Å². The van der Waals surface area contributed by atoms with Crippen LogP contribution in [-0.2, 0) is 14.8 Å². The third-order valence-corrected chi connectivity index (χ3v) is 8.14. The van der Waals surface area contributed by atoms with E-state index in [2.05, 4.69) is 41.4 Å². The zero-order chi connectivity index (χ0) is 21.0. The van der Waals surface area contributed by atoms with Gasteiger partial charge in [-0.25, -0.2) is 12.7 Å². The molecule has 1 N–H and O–H groups in total. The standard InChI is InChI=1S/C22H35N3O3S/c1-4-29(27,28)25-14-6-8-20(16-25)22(26)23-18(3)19-9-11-21(12-10-19)24-13-5-7-17(2)15-24/h9-12,17-18,20H,4-8,13-16H2,1-3H3,(H,23,26)/t17-,18-,20+/m1/s1. The van der Waals surface area contributed by atoms with Gasteiger partial charge in [0.05, 0.1) is 17.7 Å². The fraction of sp³-hybridized carbons (Fsp3) is 0.682. The number of rotatable bonds is 6. The van der Waals surface area contributed by atoms with Crippen molar-refractivity contribution in [3.63, 3.8) is 0 Å².